The summed E-state index contributed by atoms with van der Waals surface area (Å²) in [5.74, 6) is -0.192. The second-order valence-corrected chi connectivity index (χ2v) is 8.50. The summed E-state index contributed by atoms with van der Waals surface area (Å²) in [7, 11) is 1.83. The van der Waals surface area contributed by atoms with E-state index in [4.69, 9.17) is 0 Å². The molecule has 28 heavy (non-hydrogen) atoms. The van der Waals surface area contributed by atoms with E-state index in [-0.39, 0.29) is 11.5 Å². The van der Waals surface area contributed by atoms with E-state index in [1.807, 2.05) is 50.4 Å². The predicted octanol–water partition coefficient (Wildman–Crippen LogP) is 4.46. The fourth-order valence-corrected chi connectivity index (χ4v) is 4.99. The molecule has 0 unspecified atom stereocenters. The molecule has 0 bridgehead atoms. The number of nitrogens with zero attached hydrogens (tertiary/aromatic N) is 2. The largest absolute Gasteiger partial charge is 0.315 e. The lowest BCUT2D eigenvalue weighted by molar-refractivity contribution is 0.103. The minimum Gasteiger partial charge on any atom is -0.315 e. The molecule has 0 atom stereocenters. The second-order valence-electron chi connectivity index (χ2n) is 7.36. The average molecular weight is 396 g/mol. The normalized spacial score (nSPS) is 14.2. The number of hydrogen-bond donors (Lipinski definition) is 1. The number of carbonyl (C=O) groups is 1. The number of aromatic nitrogens is 2. The summed E-state index contributed by atoms with van der Waals surface area (Å²) in [4.78, 5) is 27.9. The van der Waals surface area contributed by atoms with Crippen LogP contribution >= 0.6 is 11.3 Å². The lowest BCUT2D eigenvalue weighted by Crippen LogP contribution is -2.22. The molecule has 6 heteroatoms. The Morgan fingerprint density at radius 3 is 2.54 bits per heavy atom. The van der Waals surface area contributed by atoms with Gasteiger partial charge >= 0.3 is 0 Å². The van der Waals surface area contributed by atoms with Crippen LogP contribution in [0.3, 0.4) is 0 Å². The third-order valence-electron chi connectivity index (χ3n) is 5.51. The fourth-order valence-electron chi connectivity index (χ4n) is 3.84. The Bertz CT molecular complexity index is 1030. The summed E-state index contributed by atoms with van der Waals surface area (Å²) in [5.41, 5.74) is 2.95. The standard InChI is InChI=1S/C22H25N3O2S/c1-15-20(22(27)25(24(15)2)17-11-7-5-8-12-17)23-21(26)19-14-16-10-6-3-4-9-13-18(16)28-19/h5,7-8,11-12,14H,3-4,6,9-10,13H2,1-2H3,(H,23,26). The van der Waals surface area contributed by atoms with Crippen molar-refractivity contribution >= 4 is 22.9 Å². The van der Waals surface area contributed by atoms with Gasteiger partial charge in [-0.05, 0) is 56.4 Å². The smallest absolute Gasteiger partial charge is 0.295 e. The Morgan fingerprint density at radius 2 is 1.79 bits per heavy atom. The van der Waals surface area contributed by atoms with Crippen molar-refractivity contribution in [3.63, 3.8) is 0 Å². The number of carbonyl (C=O) groups excluding carboxylic acids is 1. The lowest BCUT2D eigenvalue weighted by Gasteiger charge is -2.07. The first-order valence-corrected chi connectivity index (χ1v) is 10.6. The van der Waals surface area contributed by atoms with Crippen LogP contribution in [-0.2, 0) is 19.9 Å². The highest BCUT2D eigenvalue weighted by Gasteiger charge is 2.21. The average Bonchev–Trinajstić information content (AvgIpc) is 3.16. The second kappa shape index (κ2) is 7.80. The number of rotatable bonds is 3. The molecule has 0 spiro atoms. The van der Waals surface area contributed by atoms with Gasteiger partial charge in [0.25, 0.3) is 11.5 Å². The van der Waals surface area contributed by atoms with Crippen molar-refractivity contribution in [3.05, 3.63) is 67.8 Å². The third kappa shape index (κ3) is 3.44. The van der Waals surface area contributed by atoms with E-state index >= 15 is 0 Å². The van der Waals surface area contributed by atoms with Crippen molar-refractivity contribution in [1.29, 1.82) is 0 Å². The van der Waals surface area contributed by atoms with Crippen molar-refractivity contribution in [2.45, 2.75) is 45.4 Å². The zero-order valence-corrected chi connectivity index (χ0v) is 17.1. The van der Waals surface area contributed by atoms with Gasteiger partial charge in [0.1, 0.15) is 5.69 Å². The molecule has 4 rings (SSSR count). The number of amides is 1. The maximum Gasteiger partial charge on any atom is 0.295 e. The Kier molecular flexibility index (Phi) is 5.22. The molecular formula is C22H25N3O2S. The van der Waals surface area contributed by atoms with E-state index in [1.165, 1.54) is 36.1 Å². The van der Waals surface area contributed by atoms with Crippen LogP contribution in [0.4, 0.5) is 5.69 Å². The van der Waals surface area contributed by atoms with Gasteiger partial charge in [-0.3, -0.25) is 14.3 Å². The van der Waals surface area contributed by atoms with Crippen LogP contribution in [0.2, 0.25) is 0 Å². The first-order valence-electron chi connectivity index (χ1n) is 9.83. The number of para-hydroxylation sites is 1. The third-order valence-corrected chi connectivity index (χ3v) is 6.75. The first-order chi connectivity index (χ1) is 13.6. The Hall–Kier alpha value is -2.60. The van der Waals surface area contributed by atoms with Gasteiger partial charge in [0.05, 0.1) is 16.3 Å². The Labute approximate surface area is 168 Å². The van der Waals surface area contributed by atoms with Gasteiger partial charge in [0, 0.05) is 11.9 Å². The molecule has 2 aromatic heterocycles. The number of benzene rings is 1. The molecule has 1 aliphatic rings. The van der Waals surface area contributed by atoms with Crippen molar-refractivity contribution in [3.8, 4) is 5.69 Å². The fraction of sp³-hybridized carbons (Fsp3) is 0.364. The summed E-state index contributed by atoms with van der Waals surface area (Å²) < 4.78 is 3.36. The van der Waals surface area contributed by atoms with Crippen molar-refractivity contribution in [1.82, 2.24) is 9.36 Å². The molecule has 1 N–H and O–H groups in total. The number of anilines is 1. The maximum atomic E-state index is 13.0. The first kappa shape index (κ1) is 18.7. The van der Waals surface area contributed by atoms with E-state index in [0.717, 1.165) is 24.2 Å². The van der Waals surface area contributed by atoms with Gasteiger partial charge in [0.15, 0.2) is 0 Å². The Morgan fingerprint density at radius 1 is 1.07 bits per heavy atom. The molecule has 2 heterocycles. The number of hydrogen-bond acceptors (Lipinski definition) is 3. The molecule has 1 aromatic carbocycles. The predicted molar refractivity (Wildman–Crippen MR) is 114 cm³/mol. The molecule has 3 aromatic rings. The summed E-state index contributed by atoms with van der Waals surface area (Å²) in [5, 5.41) is 2.88. The zero-order valence-electron chi connectivity index (χ0n) is 16.3. The molecule has 0 radical (unpaired) electrons. The van der Waals surface area contributed by atoms with Crippen molar-refractivity contribution in [2.24, 2.45) is 7.05 Å². The molecule has 5 nitrogen and oxygen atoms in total. The van der Waals surface area contributed by atoms with Crippen LogP contribution in [-0.4, -0.2) is 15.3 Å². The van der Waals surface area contributed by atoms with Gasteiger partial charge in [-0.25, -0.2) is 4.68 Å². The minimum atomic E-state index is -0.213. The van der Waals surface area contributed by atoms with E-state index in [9.17, 15) is 9.59 Å². The lowest BCUT2D eigenvalue weighted by atomic mass is 10.00. The summed E-state index contributed by atoms with van der Waals surface area (Å²) in [6.45, 7) is 1.85. The number of aryl methyl sites for hydroxylation is 2. The quantitative estimate of drug-likeness (QED) is 0.712. The zero-order chi connectivity index (χ0) is 19.7. The van der Waals surface area contributed by atoms with Crippen LogP contribution in [0, 0.1) is 6.92 Å². The van der Waals surface area contributed by atoms with E-state index in [2.05, 4.69) is 5.32 Å². The van der Waals surface area contributed by atoms with E-state index in [0.29, 0.717) is 10.6 Å². The van der Waals surface area contributed by atoms with Gasteiger partial charge in [-0.15, -0.1) is 11.3 Å². The van der Waals surface area contributed by atoms with E-state index < -0.39 is 0 Å². The highest BCUT2D eigenvalue weighted by atomic mass is 32.1. The summed E-state index contributed by atoms with van der Waals surface area (Å²) in [6.07, 6.45) is 7.00. The monoisotopic (exact) mass is 395 g/mol. The topological polar surface area (TPSA) is 56.0 Å². The van der Waals surface area contributed by atoms with Crippen LogP contribution in [0.15, 0.2) is 41.2 Å². The van der Waals surface area contributed by atoms with Gasteiger partial charge < -0.3 is 5.32 Å². The molecular weight excluding hydrogens is 370 g/mol. The molecule has 1 amide bonds. The van der Waals surface area contributed by atoms with Crippen molar-refractivity contribution in [2.75, 3.05) is 5.32 Å². The summed E-state index contributed by atoms with van der Waals surface area (Å²) >= 11 is 1.58. The number of fused-ring (bicyclic) bond motifs is 1. The van der Waals surface area contributed by atoms with Crippen LogP contribution in [0.5, 0.6) is 0 Å². The highest BCUT2D eigenvalue weighted by Crippen LogP contribution is 2.29. The molecule has 0 saturated heterocycles. The number of thiophene rings is 1. The SMILES string of the molecule is Cc1c(NC(=O)c2cc3c(s2)CCCCCC3)c(=O)n(-c2ccccc2)n1C. The molecule has 0 fully saturated rings. The minimum absolute atomic E-state index is 0.192. The molecule has 1 aliphatic carbocycles. The van der Waals surface area contributed by atoms with Gasteiger partial charge in [-0.1, -0.05) is 31.0 Å². The Balaban J connectivity index is 1.64. The van der Waals surface area contributed by atoms with Gasteiger partial charge in [-0.2, -0.15) is 0 Å². The van der Waals surface area contributed by atoms with Crippen LogP contribution < -0.4 is 10.9 Å². The van der Waals surface area contributed by atoms with E-state index in [1.54, 1.807) is 20.7 Å². The highest BCUT2D eigenvalue weighted by molar-refractivity contribution is 7.14. The van der Waals surface area contributed by atoms with Crippen LogP contribution in [0.25, 0.3) is 5.69 Å². The van der Waals surface area contributed by atoms with Crippen LogP contribution in [0.1, 0.15) is 51.5 Å². The molecule has 146 valence electrons. The summed E-state index contributed by atoms with van der Waals surface area (Å²) in [6, 6.07) is 11.5. The maximum absolute atomic E-state index is 13.0. The number of nitrogens with one attached hydrogen (secondary N) is 1. The van der Waals surface area contributed by atoms with Crippen molar-refractivity contribution < 1.29 is 4.79 Å². The molecule has 0 aliphatic heterocycles. The molecule has 0 saturated carbocycles. The van der Waals surface area contributed by atoms with Gasteiger partial charge in [0.2, 0.25) is 0 Å².